The van der Waals surface area contributed by atoms with Crippen molar-refractivity contribution < 1.29 is 114 Å². The highest BCUT2D eigenvalue weighted by Gasteiger charge is 2.71. The molecule has 442 valence electrons. The van der Waals surface area contributed by atoms with Crippen LogP contribution in [0.4, 0.5) is 0 Å². The molecule has 8 fully saturated rings. The van der Waals surface area contributed by atoms with E-state index in [0.717, 1.165) is 19.3 Å². The Labute approximate surface area is 449 Å². The number of ether oxygens (including phenoxy) is 8. The summed E-state index contributed by atoms with van der Waals surface area (Å²) in [6.45, 7) is 12.6. The van der Waals surface area contributed by atoms with Crippen LogP contribution in [0.15, 0.2) is 11.6 Å². The molecule has 0 aromatic heterocycles. The van der Waals surface area contributed by atoms with Gasteiger partial charge in [0.15, 0.2) is 18.9 Å². The summed E-state index contributed by atoms with van der Waals surface area (Å²) in [5.74, 6) is -0.744. The maximum atomic E-state index is 15.1. The number of carbonyl (C=O) groups excluding carboxylic acids is 1. The zero-order valence-electron chi connectivity index (χ0n) is 45.3. The molecule has 4 saturated carbocycles. The van der Waals surface area contributed by atoms with Gasteiger partial charge in [0.05, 0.1) is 44.1 Å². The topological polar surface area (TPSA) is 374 Å². The molecule has 0 aromatic carbocycles. The van der Waals surface area contributed by atoms with Gasteiger partial charge in [-0.3, -0.25) is 4.79 Å². The van der Waals surface area contributed by atoms with Gasteiger partial charge in [-0.05, 0) is 111 Å². The van der Waals surface area contributed by atoms with E-state index in [4.69, 9.17) is 37.9 Å². The highest BCUT2D eigenvalue weighted by atomic mass is 16.8. The molecule has 5 aliphatic carbocycles. The summed E-state index contributed by atoms with van der Waals surface area (Å²) in [6.07, 6.45) is -23.6. The zero-order valence-corrected chi connectivity index (χ0v) is 45.3. The number of rotatable bonds is 12. The second-order valence-corrected chi connectivity index (χ2v) is 26.1. The average molecular weight is 1110 g/mol. The van der Waals surface area contributed by atoms with Crippen LogP contribution in [-0.2, 0) is 42.7 Å². The fourth-order valence-electron chi connectivity index (χ4n) is 16.4. The predicted octanol–water partition coefficient (Wildman–Crippen LogP) is -2.04. The van der Waals surface area contributed by atoms with Crippen molar-refractivity contribution in [2.75, 3.05) is 26.4 Å². The molecule has 14 N–H and O–H groups in total. The molecule has 0 unspecified atom stereocenters. The van der Waals surface area contributed by atoms with Gasteiger partial charge in [-0.15, -0.1) is 0 Å². The van der Waals surface area contributed by atoms with Crippen LogP contribution in [0.3, 0.4) is 0 Å². The fourth-order valence-corrected chi connectivity index (χ4v) is 16.4. The number of aliphatic hydroxyl groups excluding tert-OH is 14. The number of fused-ring (bicyclic) bond motifs is 7. The molecule has 0 spiro atoms. The van der Waals surface area contributed by atoms with Crippen LogP contribution < -0.4 is 0 Å². The van der Waals surface area contributed by atoms with E-state index in [1.165, 1.54) is 12.5 Å². The van der Waals surface area contributed by atoms with Crippen molar-refractivity contribution in [2.24, 2.45) is 50.2 Å². The minimum absolute atomic E-state index is 0.0249. The molecule has 4 aliphatic heterocycles. The summed E-state index contributed by atoms with van der Waals surface area (Å²) in [7, 11) is 0. The highest BCUT2D eigenvalue weighted by molar-refractivity contribution is 5.79. The summed E-state index contributed by atoms with van der Waals surface area (Å²) in [6, 6.07) is 0. The molecule has 29 atom stereocenters. The minimum atomic E-state index is -1.89. The minimum Gasteiger partial charge on any atom is -0.432 e. The molecule has 0 bridgehead atoms. The maximum absolute atomic E-state index is 15.1. The van der Waals surface area contributed by atoms with Gasteiger partial charge in [0.2, 0.25) is 6.29 Å². The van der Waals surface area contributed by atoms with Crippen molar-refractivity contribution in [1.29, 1.82) is 0 Å². The number of esters is 1. The number of hydrogen-bond donors (Lipinski definition) is 14. The number of aliphatic hydroxyl groups is 14. The van der Waals surface area contributed by atoms with E-state index in [2.05, 4.69) is 40.7 Å². The van der Waals surface area contributed by atoms with Crippen LogP contribution in [0.1, 0.15) is 113 Å². The summed E-state index contributed by atoms with van der Waals surface area (Å²) in [4.78, 5) is 15.1. The van der Waals surface area contributed by atoms with Crippen molar-refractivity contribution in [3.63, 3.8) is 0 Å². The van der Waals surface area contributed by atoms with Gasteiger partial charge in [0.25, 0.3) is 0 Å². The van der Waals surface area contributed by atoms with E-state index in [0.29, 0.717) is 44.9 Å². The second-order valence-electron chi connectivity index (χ2n) is 26.1. The first kappa shape index (κ1) is 60.0. The average Bonchev–Trinajstić information content (AvgIpc) is 3.53. The van der Waals surface area contributed by atoms with Gasteiger partial charge in [0.1, 0.15) is 91.6 Å². The molecule has 9 aliphatic rings. The summed E-state index contributed by atoms with van der Waals surface area (Å²) < 4.78 is 47.1. The third-order valence-corrected chi connectivity index (χ3v) is 21.5. The molecular weight excluding hydrogens is 1020 g/mol. The van der Waals surface area contributed by atoms with Crippen LogP contribution in [0.2, 0.25) is 0 Å². The van der Waals surface area contributed by atoms with Gasteiger partial charge in [-0.25, -0.2) is 0 Å². The van der Waals surface area contributed by atoms with Crippen LogP contribution in [0.5, 0.6) is 0 Å². The van der Waals surface area contributed by atoms with Crippen molar-refractivity contribution in [2.45, 2.75) is 242 Å². The predicted molar refractivity (Wildman–Crippen MR) is 263 cm³/mol. The van der Waals surface area contributed by atoms with Crippen LogP contribution >= 0.6 is 0 Å². The normalized spacial score (nSPS) is 54.7. The van der Waals surface area contributed by atoms with Crippen molar-refractivity contribution >= 4 is 5.97 Å². The summed E-state index contributed by atoms with van der Waals surface area (Å²) >= 11 is 0. The van der Waals surface area contributed by atoms with Crippen molar-refractivity contribution in [3.05, 3.63) is 11.6 Å². The van der Waals surface area contributed by atoms with E-state index in [1.54, 1.807) is 0 Å². The Morgan fingerprint density at radius 3 is 1.81 bits per heavy atom. The lowest BCUT2D eigenvalue weighted by Gasteiger charge is -2.71. The molecule has 0 aromatic rings. The molecule has 23 heteroatoms. The molecular formula is C54H88O23. The van der Waals surface area contributed by atoms with Crippen molar-refractivity contribution in [1.82, 2.24) is 0 Å². The molecule has 77 heavy (non-hydrogen) atoms. The Hall–Kier alpha value is -1.63. The summed E-state index contributed by atoms with van der Waals surface area (Å²) in [5, 5.41) is 150. The van der Waals surface area contributed by atoms with Crippen LogP contribution in [0, 0.1) is 50.2 Å². The van der Waals surface area contributed by atoms with Gasteiger partial charge in [0, 0.05) is 5.41 Å². The molecule has 4 saturated heterocycles. The zero-order chi connectivity index (χ0) is 56.3. The van der Waals surface area contributed by atoms with Gasteiger partial charge in [-0.1, -0.05) is 53.2 Å². The lowest BCUT2D eigenvalue weighted by Crippen LogP contribution is -2.67. The fraction of sp³-hybridized carbons (Fsp3) is 0.944. The third-order valence-electron chi connectivity index (χ3n) is 21.5. The lowest BCUT2D eigenvalue weighted by molar-refractivity contribution is -0.361. The van der Waals surface area contributed by atoms with Crippen molar-refractivity contribution in [3.8, 4) is 0 Å². The molecule has 0 radical (unpaired) electrons. The number of allylic oxidation sites excluding steroid dienone is 2. The van der Waals surface area contributed by atoms with Gasteiger partial charge < -0.3 is 109 Å². The molecule has 9 rings (SSSR count). The quantitative estimate of drug-likeness (QED) is 0.0569. The smallest absolute Gasteiger partial charge is 0.315 e. The first-order valence-electron chi connectivity index (χ1n) is 27.9. The Morgan fingerprint density at radius 1 is 0.584 bits per heavy atom. The monoisotopic (exact) mass is 1100 g/mol. The van der Waals surface area contributed by atoms with Crippen LogP contribution in [0.25, 0.3) is 0 Å². The van der Waals surface area contributed by atoms with Crippen LogP contribution in [-0.4, -0.2) is 233 Å². The lowest BCUT2D eigenvalue weighted by atomic mass is 9.33. The number of hydrogen-bond acceptors (Lipinski definition) is 23. The first-order valence-corrected chi connectivity index (χ1v) is 27.9. The SMILES string of the molecule is C[C@@H]1O[C@@H](O[C@H]2[C@H](O)[C@@H](O)[C@H](OC[C@H]3O[C@@H](OC(=O)[C@]45CCC(C)(C)C[C@H]4C4=CC[C@@H]6[C@@]7(C)CC[C@H](O[C@@H]8O[C@H](CO)[C@@H](O)[C@H](O)[C@H]8O)[C@@](C)(CO)[C@@H]7CC[C@@]6(C)[C@]4(C)CC5)[C@H](O)[C@@H](O)[C@@H]3O)O[C@@H]2CO)[C@H](O)[C@H](O)[C@H]1O. The maximum Gasteiger partial charge on any atom is 0.315 e. The van der Waals surface area contributed by atoms with E-state index in [9.17, 15) is 71.5 Å². The first-order chi connectivity index (χ1) is 36.1. The Balaban J connectivity index is 0.899. The Kier molecular flexibility index (Phi) is 17.0. The second kappa shape index (κ2) is 21.8. The van der Waals surface area contributed by atoms with Gasteiger partial charge in [-0.2, -0.15) is 0 Å². The van der Waals surface area contributed by atoms with E-state index >= 15 is 4.79 Å². The number of carbonyl (C=O) groups is 1. The van der Waals surface area contributed by atoms with E-state index in [-0.39, 0.29) is 46.0 Å². The Morgan fingerprint density at radius 2 is 1.16 bits per heavy atom. The third kappa shape index (κ3) is 9.80. The highest BCUT2D eigenvalue weighted by Crippen LogP contribution is 2.76. The van der Waals surface area contributed by atoms with E-state index in [1.807, 2.05) is 6.92 Å². The summed E-state index contributed by atoms with van der Waals surface area (Å²) in [5.41, 5.74) is -1.70. The standard InChI is InChI=1S/C54H88O23/c1-23-32(58)35(61)39(65)45(71-23)76-43-27(20-56)73-44(42(68)38(43)64)70-21-28-34(60)37(63)41(67)47(74-28)77-48(69)54-16-14-49(2,3)18-25(54)24-8-9-30-50(4)12-11-31(75-46-40(66)36(62)33(59)26(19-55)72-46)51(5,22-57)29(50)10-13-53(30,7)52(24,6)15-17-54/h8,23,25-47,55-68H,9-22H2,1-7H3/t23-,25-,26+,27+,28+,29+,30+,31-,32-,33+,34+,35+,36-,37-,38+,39+,40+,41+,42+,43+,44+,45-,46-,47-,50-,51-,52+,53+,54-/m0/s1. The Bertz CT molecular complexity index is 2110. The largest absolute Gasteiger partial charge is 0.432 e. The van der Waals surface area contributed by atoms with E-state index < -0.39 is 166 Å². The molecule has 23 nitrogen and oxygen atoms in total. The molecule has 4 heterocycles. The molecule has 0 amide bonds. The van der Waals surface area contributed by atoms with Gasteiger partial charge >= 0.3 is 5.97 Å².